The number of benzene rings is 1. The van der Waals surface area contributed by atoms with Gasteiger partial charge >= 0.3 is 0 Å². The molecule has 1 N–H and O–H groups in total. The van der Waals surface area contributed by atoms with Gasteiger partial charge in [0.05, 0.1) is 0 Å². The van der Waals surface area contributed by atoms with Crippen LogP contribution in [0.4, 0.5) is 0 Å². The van der Waals surface area contributed by atoms with Gasteiger partial charge in [-0.1, -0.05) is 34.1 Å². The van der Waals surface area contributed by atoms with Gasteiger partial charge in [-0.3, -0.25) is 0 Å². The van der Waals surface area contributed by atoms with Crippen molar-refractivity contribution < 1.29 is 0 Å². The zero-order valence-electron chi connectivity index (χ0n) is 9.45. The van der Waals surface area contributed by atoms with Crippen molar-refractivity contribution in [1.29, 1.82) is 0 Å². The van der Waals surface area contributed by atoms with Crippen LogP contribution in [0.5, 0.6) is 0 Å². The van der Waals surface area contributed by atoms with Gasteiger partial charge in [0.1, 0.15) is 0 Å². The third kappa shape index (κ3) is 2.05. The van der Waals surface area contributed by atoms with Crippen molar-refractivity contribution in [2.45, 2.75) is 25.2 Å². The highest BCUT2D eigenvalue weighted by Gasteiger charge is 2.38. The molecule has 2 fully saturated rings. The van der Waals surface area contributed by atoms with Gasteiger partial charge in [-0.2, -0.15) is 0 Å². The van der Waals surface area contributed by atoms with Crippen LogP contribution in [0.2, 0.25) is 0 Å². The van der Waals surface area contributed by atoms with E-state index in [9.17, 15) is 0 Å². The monoisotopic (exact) mass is 279 g/mol. The van der Waals surface area contributed by atoms with Crippen molar-refractivity contribution in [2.24, 2.45) is 11.8 Å². The molecule has 0 radical (unpaired) electrons. The Morgan fingerprint density at radius 1 is 1.12 bits per heavy atom. The molecule has 86 valence electrons. The second kappa shape index (κ2) is 4.50. The zero-order valence-corrected chi connectivity index (χ0v) is 11.0. The van der Waals surface area contributed by atoms with Crippen molar-refractivity contribution >= 4 is 15.9 Å². The van der Waals surface area contributed by atoms with Crippen LogP contribution in [0.25, 0.3) is 0 Å². The predicted molar refractivity (Wildman–Crippen MR) is 70.6 cm³/mol. The number of hydrogen-bond acceptors (Lipinski definition) is 1. The zero-order chi connectivity index (χ0) is 11.0. The highest BCUT2D eigenvalue weighted by Crippen LogP contribution is 2.47. The third-order valence-electron chi connectivity index (χ3n) is 4.07. The van der Waals surface area contributed by atoms with E-state index in [1.807, 2.05) is 0 Å². The van der Waals surface area contributed by atoms with E-state index < -0.39 is 0 Å². The first-order chi connectivity index (χ1) is 7.86. The van der Waals surface area contributed by atoms with Gasteiger partial charge in [-0.25, -0.2) is 0 Å². The molecule has 2 heteroatoms. The maximum atomic E-state index is 3.70. The second-order valence-electron chi connectivity index (χ2n) is 5.12. The van der Waals surface area contributed by atoms with Gasteiger partial charge in [0.25, 0.3) is 0 Å². The maximum Gasteiger partial charge on any atom is 0.0210 e. The lowest BCUT2D eigenvalue weighted by atomic mass is 9.78. The van der Waals surface area contributed by atoms with Gasteiger partial charge in [0.2, 0.25) is 0 Å². The van der Waals surface area contributed by atoms with Crippen molar-refractivity contribution in [3.05, 3.63) is 34.3 Å². The summed E-state index contributed by atoms with van der Waals surface area (Å²) < 4.78 is 1.29. The van der Waals surface area contributed by atoms with Crippen LogP contribution in [0.15, 0.2) is 28.7 Å². The Hall–Kier alpha value is -0.340. The largest absolute Gasteiger partial charge is 0.316 e. The smallest absolute Gasteiger partial charge is 0.0210 e. The highest BCUT2D eigenvalue weighted by molar-refractivity contribution is 9.10. The number of piperidine rings is 1. The van der Waals surface area contributed by atoms with E-state index in [1.165, 1.54) is 35.8 Å². The summed E-state index contributed by atoms with van der Waals surface area (Å²) in [4.78, 5) is 0. The first kappa shape index (κ1) is 10.8. The van der Waals surface area contributed by atoms with Gasteiger partial charge in [-0.05, 0) is 49.3 Å². The Morgan fingerprint density at radius 3 is 2.69 bits per heavy atom. The average Bonchev–Trinajstić information content (AvgIpc) is 3.14. The molecule has 2 aliphatic rings. The third-order valence-corrected chi connectivity index (χ3v) is 4.79. The summed E-state index contributed by atoms with van der Waals surface area (Å²) in [6, 6.07) is 8.74. The van der Waals surface area contributed by atoms with Gasteiger partial charge in [0.15, 0.2) is 0 Å². The summed E-state index contributed by atoms with van der Waals surface area (Å²) in [7, 11) is 0. The minimum atomic E-state index is 0.719. The molecule has 1 aromatic rings. The van der Waals surface area contributed by atoms with E-state index >= 15 is 0 Å². The summed E-state index contributed by atoms with van der Waals surface area (Å²) in [5.41, 5.74) is 1.51. The molecule has 1 aliphatic heterocycles. The van der Waals surface area contributed by atoms with Crippen LogP contribution in [-0.2, 0) is 0 Å². The molecule has 0 bridgehead atoms. The van der Waals surface area contributed by atoms with E-state index in [1.54, 1.807) is 0 Å². The fourth-order valence-electron chi connectivity index (χ4n) is 3.08. The molecule has 16 heavy (non-hydrogen) atoms. The van der Waals surface area contributed by atoms with Crippen LogP contribution in [0.1, 0.15) is 30.7 Å². The fraction of sp³-hybridized carbons (Fsp3) is 0.571. The van der Waals surface area contributed by atoms with Crippen LogP contribution >= 0.6 is 15.9 Å². The lowest BCUT2D eigenvalue weighted by molar-refractivity contribution is 0.290. The Labute approximate surface area is 106 Å². The second-order valence-corrected chi connectivity index (χ2v) is 5.98. The number of halogens is 1. The van der Waals surface area contributed by atoms with Crippen LogP contribution in [0.3, 0.4) is 0 Å². The molecule has 2 atom stereocenters. The van der Waals surface area contributed by atoms with Crippen LogP contribution in [-0.4, -0.2) is 13.1 Å². The van der Waals surface area contributed by atoms with Crippen molar-refractivity contribution in [2.75, 3.05) is 13.1 Å². The topological polar surface area (TPSA) is 12.0 Å². The molecular formula is C14H18BrN. The van der Waals surface area contributed by atoms with Crippen LogP contribution in [0, 0.1) is 11.8 Å². The molecule has 1 nitrogen and oxygen atoms in total. The lowest BCUT2D eigenvalue weighted by Crippen LogP contribution is -2.36. The van der Waals surface area contributed by atoms with E-state index in [4.69, 9.17) is 0 Å². The summed E-state index contributed by atoms with van der Waals surface area (Å²) in [6.45, 7) is 2.37. The Balaban J connectivity index is 1.88. The number of nitrogens with one attached hydrogen (secondary N) is 1. The normalized spacial score (nSPS) is 30.3. The number of hydrogen-bond donors (Lipinski definition) is 1. The molecule has 2 unspecified atom stereocenters. The molecule has 0 aromatic heterocycles. The Morgan fingerprint density at radius 2 is 1.94 bits per heavy atom. The van der Waals surface area contributed by atoms with Gasteiger partial charge < -0.3 is 5.32 Å². The maximum absolute atomic E-state index is 3.70. The highest BCUT2D eigenvalue weighted by atomic mass is 79.9. The first-order valence-electron chi connectivity index (χ1n) is 6.31. The molecule has 1 aromatic carbocycles. The number of rotatable bonds is 2. The molecular weight excluding hydrogens is 262 g/mol. The average molecular weight is 280 g/mol. The van der Waals surface area contributed by atoms with E-state index in [0.29, 0.717) is 0 Å². The van der Waals surface area contributed by atoms with E-state index in [0.717, 1.165) is 24.3 Å². The SMILES string of the molecule is Brc1ccccc1C1CNCCC1C1CC1. The molecule has 3 rings (SSSR count). The lowest BCUT2D eigenvalue weighted by Gasteiger charge is -2.33. The molecule has 1 saturated carbocycles. The van der Waals surface area contributed by atoms with Gasteiger partial charge in [0, 0.05) is 16.9 Å². The summed E-state index contributed by atoms with van der Waals surface area (Å²) in [6.07, 6.45) is 4.29. The minimum absolute atomic E-state index is 0.719. The molecule has 1 saturated heterocycles. The standard InChI is InChI=1S/C14H18BrN/c15-14-4-2-1-3-12(14)13-9-16-8-7-11(13)10-5-6-10/h1-4,10-11,13,16H,5-9H2. The van der Waals surface area contributed by atoms with Crippen molar-refractivity contribution in [1.82, 2.24) is 5.32 Å². The predicted octanol–water partition coefficient (Wildman–Crippen LogP) is 3.55. The molecule has 0 spiro atoms. The summed E-state index contributed by atoms with van der Waals surface area (Å²) in [5.74, 6) is 2.65. The Bertz CT molecular complexity index is 373. The summed E-state index contributed by atoms with van der Waals surface area (Å²) in [5, 5.41) is 3.55. The molecule has 1 heterocycles. The first-order valence-corrected chi connectivity index (χ1v) is 7.10. The van der Waals surface area contributed by atoms with E-state index in [-0.39, 0.29) is 0 Å². The molecule has 0 amide bonds. The summed E-state index contributed by atoms with van der Waals surface area (Å²) >= 11 is 3.70. The Kier molecular flexibility index (Phi) is 3.03. The van der Waals surface area contributed by atoms with Gasteiger partial charge in [-0.15, -0.1) is 0 Å². The van der Waals surface area contributed by atoms with E-state index in [2.05, 4.69) is 45.5 Å². The fourth-order valence-corrected chi connectivity index (χ4v) is 3.66. The molecule has 1 aliphatic carbocycles. The van der Waals surface area contributed by atoms with Crippen molar-refractivity contribution in [3.63, 3.8) is 0 Å². The van der Waals surface area contributed by atoms with Crippen LogP contribution < -0.4 is 5.32 Å². The quantitative estimate of drug-likeness (QED) is 0.873. The van der Waals surface area contributed by atoms with Crippen molar-refractivity contribution in [3.8, 4) is 0 Å². The minimum Gasteiger partial charge on any atom is -0.316 e.